The van der Waals surface area contributed by atoms with Gasteiger partial charge in [0.05, 0.1) is 6.61 Å². The minimum absolute atomic E-state index is 0.355. The van der Waals surface area contributed by atoms with Crippen LogP contribution >= 0.6 is 0 Å². The topological polar surface area (TPSA) is 21.3 Å². The molecule has 0 radical (unpaired) electrons. The van der Waals surface area contributed by atoms with Crippen molar-refractivity contribution < 1.29 is 13.5 Å². The summed E-state index contributed by atoms with van der Waals surface area (Å²) in [5.41, 5.74) is 0. The van der Waals surface area contributed by atoms with Crippen molar-refractivity contribution in [3.63, 3.8) is 0 Å². The number of hydrogen-bond donors (Lipinski definition) is 1. The van der Waals surface area contributed by atoms with Gasteiger partial charge in [0.25, 0.3) is 6.43 Å². The Labute approximate surface area is 85.0 Å². The molecule has 0 aromatic rings. The molecule has 4 heteroatoms. The van der Waals surface area contributed by atoms with Gasteiger partial charge in [-0.1, -0.05) is 20.8 Å². The molecule has 14 heavy (non-hydrogen) atoms. The van der Waals surface area contributed by atoms with E-state index in [4.69, 9.17) is 4.74 Å². The zero-order valence-electron chi connectivity index (χ0n) is 9.22. The Morgan fingerprint density at radius 1 is 1.29 bits per heavy atom. The lowest BCUT2D eigenvalue weighted by atomic mass is 10.0. The van der Waals surface area contributed by atoms with E-state index >= 15 is 0 Å². The summed E-state index contributed by atoms with van der Waals surface area (Å²) in [6.45, 7) is 6.93. The van der Waals surface area contributed by atoms with Crippen LogP contribution in [0, 0.1) is 5.92 Å². The van der Waals surface area contributed by atoms with E-state index in [0.29, 0.717) is 25.1 Å². The summed E-state index contributed by atoms with van der Waals surface area (Å²) in [7, 11) is 0. The first-order valence-electron chi connectivity index (χ1n) is 5.17. The minimum atomic E-state index is -2.36. The molecule has 0 heterocycles. The van der Waals surface area contributed by atoms with Crippen LogP contribution in [0.2, 0.25) is 0 Å². The molecule has 0 aliphatic heterocycles. The summed E-state index contributed by atoms with van der Waals surface area (Å²) in [5.74, 6) is 0.565. The van der Waals surface area contributed by atoms with Crippen LogP contribution in [0.15, 0.2) is 0 Å². The molecule has 0 spiro atoms. The average molecular weight is 209 g/mol. The fourth-order valence-corrected chi connectivity index (χ4v) is 1.34. The van der Waals surface area contributed by atoms with Gasteiger partial charge < -0.3 is 10.1 Å². The van der Waals surface area contributed by atoms with Crippen molar-refractivity contribution >= 4 is 0 Å². The lowest BCUT2D eigenvalue weighted by Crippen LogP contribution is -2.35. The van der Waals surface area contributed by atoms with Gasteiger partial charge in [-0.2, -0.15) is 0 Å². The second-order valence-electron chi connectivity index (χ2n) is 3.68. The Morgan fingerprint density at radius 2 is 1.93 bits per heavy atom. The van der Waals surface area contributed by atoms with Crippen LogP contribution in [-0.2, 0) is 4.74 Å². The zero-order valence-corrected chi connectivity index (χ0v) is 9.22. The average Bonchev–Trinajstić information content (AvgIpc) is 2.10. The fourth-order valence-electron chi connectivity index (χ4n) is 1.34. The predicted octanol–water partition coefficient (Wildman–Crippen LogP) is 2.29. The maximum atomic E-state index is 11.7. The number of halogens is 2. The zero-order chi connectivity index (χ0) is 11.0. The summed E-state index contributed by atoms with van der Waals surface area (Å²) in [6.07, 6.45) is -1.31. The van der Waals surface area contributed by atoms with Gasteiger partial charge in [0.15, 0.2) is 0 Å². The molecule has 2 nitrogen and oxygen atoms in total. The van der Waals surface area contributed by atoms with Gasteiger partial charge >= 0.3 is 0 Å². The van der Waals surface area contributed by atoms with Crippen molar-refractivity contribution in [3.8, 4) is 0 Å². The van der Waals surface area contributed by atoms with E-state index in [1.54, 1.807) is 0 Å². The summed E-state index contributed by atoms with van der Waals surface area (Å²) >= 11 is 0. The molecule has 1 unspecified atom stereocenters. The first kappa shape index (κ1) is 13.8. The van der Waals surface area contributed by atoms with E-state index in [2.05, 4.69) is 26.1 Å². The van der Waals surface area contributed by atoms with Gasteiger partial charge in [-0.25, -0.2) is 8.78 Å². The van der Waals surface area contributed by atoms with Crippen molar-refractivity contribution in [2.75, 3.05) is 19.8 Å². The van der Waals surface area contributed by atoms with Crippen molar-refractivity contribution in [1.82, 2.24) is 5.32 Å². The van der Waals surface area contributed by atoms with Crippen LogP contribution < -0.4 is 5.32 Å². The molecule has 0 fully saturated rings. The molecule has 1 N–H and O–H groups in total. The van der Waals surface area contributed by atoms with Gasteiger partial charge in [0.1, 0.15) is 6.61 Å². The van der Waals surface area contributed by atoms with Crippen LogP contribution in [0.25, 0.3) is 0 Å². The molecule has 0 aromatic heterocycles. The second-order valence-corrected chi connectivity index (χ2v) is 3.68. The van der Waals surface area contributed by atoms with E-state index in [1.165, 1.54) is 0 Å². The maximum Gasteiger partial charge on any atom is 0.261 e. The second kappa shape index (κ2) is 8.12. The van der Waals surface area contributed by atoms with Crippen LogP contribution in [0.1, 0.15) is 27.2 Å². The Morgan fingerprint density at radius 3 is 2.36 bits per heavy atom. The van der Waals surface area contributed by atoms with Crippen molar-refractivity contribution in [2.45, 2.75) is 39.7 Å². The number of alkyl halides is 2. The van der Waals surface area contributed by atoms with E-state index in [9.17, 15) is 8.78 Å². The highest BCUT2D eigenvalue weighted by atomic mass is 19.3. The largest absolute Gasteiger partial charge is 0.374 e. The quantitative estimate of drug-likeness (QED) is 0.619. The standard InChI is InChI=1S/C10H21F2NO/c1-4-9(8(2)3)13-5-6-14-7-10(11)12/h8-10,13H,4-7H2,1-3H3. The molecule has 0 rings (SSSR count). The highest BCUT2D eigenvalue weighted by Crippen LogP contribution is 2.04. The summed E-state index contributed by atoms with van der Waals surface area (Å²) in [4.78, 5) is 0. The van der Waals surface area contributed by atoms with Crippen LogP contribution in [0.4, 0.5) is 8.78 Å². The molecule has 0 amide bonds. The molecular weight excluding hydrogens is 188 g/mol. The number of rotatable bonds is 8. The fraction of sp³-hybridized carbons (Fsp3) is 1.00. The highest BCUT2D eigenvalue weighted by molar-refractivity contribution is 4.67. The molecule has 1 atom stereocenters. The van der Waals surface area contributed by atoms with E-state index < -0.39 is 13.0 Å². The highest BCUT2D eigenvalue weighted by Gasteiger charge is 2.09. The van der Waals surface area contributed by atoms with E-state index in [-0.39, 0.29) is 0 Å². The molecule has 0 saturated heterocycles. The third-order valence-corrected chi connectivity index (χ3v) is 2.14. The van der Waals surface area contributed by atoms with Gasteiger partial charge in [-0.3, -0.25) is 0 Å². The van der Waals surface area contributed by atoms with Gasteiger partial charge in [-0.05, 0) is 12.3 Å². The van der Waals surface area contributed by atoms with Crippen LogP contribution in [0.5, 0.6) is 0 Å². The normalized spacial score (nSPS) is 13.9. The van der Waals surface area contributed by atoms with Gasteiger partial charge in [-0.15, -0.1) is 0 Å². The lowest BCUT2D eigenvalue weighted by molar-refractivity contribution is 0.0178. The number of ether oxygens (including phenoxy) is 1. The lowest BCUT2D eigenvalue weighted by Gasteiger charge is -2.20. The SMILES string of the molecule is CCC(NCCOCC(F)F)C(C)C. The minimum Gasteiger partial charge on any atom is -0.374 e. The number of hydrogen-bond acceptors (Lipinski definition) is 2. The third-order valence-electron chi connectivity index (χ3n) is 2.14. The van der Waals surface area contributed by atoms with Gasteiger partial charge in [0, 0.05) is 12.6 Å². The van der Waals surface area contributed by atoms with E-state index in [0.717, 1.165) is 6.42 Å². The van der Waals surface area contributed by atoms with Crippen molar-refractivity contribution in [3.05, 3.63) is 0 Å². The molecule has 0 saturated carbocycles. The number of nitrogens with one attached hydrogen (secondary N) is 1. The third kappa shape index (κ3) is 7.21. The van der Waals surface area contributed by atoms with Crippen LogP contribution in [0.3, 0.4) is 0 Å². The first-order chi connectivity index (χ1) is 6.57. The Hall–Kier alpha value is -0.220. The van der Waals surface area contributed by atoms with Crippen LogP contribution in [-0.4, -0.2) is 32.2 Å². The smallest absolute Gasteiger partial charge is 0.261 e. The summed E-state index contributed by atoms with van der Waals surface area (Å²) < 4.78 is 28.1. The molecule has 0 bridgehead atoms. The maximum absolute atomic E-state index is 11.7. The molecule has 86 valence electrons. The molecule has 0 aromatic carbocycles. The van der Waals surface area contributed by atoms with E-state index in [1.807, 2.05) is 0 Å². The molecular formula is C10H21F2NO. The van der Waals surface area contributed by atoms with Gasteiger partial charge in [0.2, 0.25) is 0 Å². The monoisotopic (exact) mass is 209 g/mol. The summed E-state index contributed by atoms with van der Waals surface area (Å²) in [5, 5.41) is 3.27. The molecule has 0 aliphatic rings. The first-order valence-corrected chi connectivity index (χ1v) is 5.17. The Balaban J connectivity index is 3.33. The molecule has 0 aliphatic carbocycles. The van der Waals surface area contributed by atoms with Crippen molar-refractivity contribution in [1.29, 1.82) is 0 Å². The predicted molar refractivity (Wildman–Crippen MR) is 53.7 cm³/mol. The Kier molecular flexibility index (Phi) is 7.99. The van der Waals surface area contributed by atoms with Crippen molar-refractivity contribution in [2.24, 2.45) is 5.92 Å². The summed E-state index contributed by atoms with van der Waals surface area (Å²) in [6, 6.07) is 0.449. The Bertz CT molecular complexity index is 131.